The van der Waals surface area contributed by atoms with E-state index in [0.29, 0.717) is 6.04 Å². The van der Waals surface area contributed by atoms with E-state index in [1.807, 2.05) is 0 Å². The Morgan fingerprint density at radius 2 is 2.11 bits per heavy atom. The molecule has 0 aliphatic carbocycles. The second-order valence-corrected chi connectivity index (χ2v) is 6.89. The van der Waals surface area contributed by atoms with Crippen LogP contribution in [0.15, 0.2) is 34.8 Å². The lowest BCUT2D eigenvalue weighted by molar-refractivity contribution is 0.576. The fraction of sp³-hybridized carbons (Fsp3) is 0.286. The molecule has 1 heterocycles. The maximum absolute atomic E-state index is 6.03. The van der Waals surface area contributed by atoms with E-state index in [1.54, 1.807) is 11.3 Å². The second kappa shape index (κ2) is 6.20. The fourth-order valence-electron chi connectivity index (χ4n) is 1.91. The van der Waals surface area contributed by atoms with Gasteiger partial charge >= 0.3 is 0 Å². The molecule has 1 N–H and O–H groups in total. The molecule has 96 valence electrons. The van der Waals surface area contributed by atoms with Crippen LogP contribution in [0.1, 0.15) is 29.0 Å². The van der Waals surface area contributed by atoms with Crippen molar-refractivity contribution in [1.29, 1.82) is 0 Å². The molecule has 2 aromatic rings. The van der Waals surface area contributed by atoms with Crippen molar-refractivity contribution in [1.82, 2.24) is 5.32 Å². The highest BCUT2D eigenvalue weighted by molar-refractivity contribution is 9.10. The van der Waals surface area contributed by atoms with Gasteiger partial charge in [0.05, 0.1) is 0 Å². The number of halogens is 2. The molecule has 1 aromatic carbocycles. The zero-order chi connectivity index (χ0) is 13.1. The average Bonchev–Trinajstić information content (AvgIpc) is 2.66. The van der Waals surface area contributed by atoms with Crippen LogP contribution in [0.5, 0.6) is 0 Å². The molecule has 0 bridgehead atoms. The number of hydrogen-bond acceptors (Lipinski definition) is 2. The molecule has 1 atom stereocenters. The van der Waals surface area contributed by atoms with Gasteiger partial charge in [0.2, 0.25) is 0 Å². The molecule has 1 nitrogen and oxygen atoms in total. The van der Waals surface area contributed by atoms with Gasteiger partial charge in [-0.25, -0.2) is 0 Å². The van der Waals surface area contributed by atoms with Gasteiger partial charge in [-0.1, -0.05) is 35.9 Å². The Balaban J connectivity index is 2.00. The molecule has 0 unspecified atom stereocenters. The largest absolute Gasteiger partial charge is 0.305 e. The third kappa shape index (κ3) is 3.35. The van der Waals surface area contributed by atoms with Crippen LogP contribution >= 0.6 is 38.9 Å². The van der Waals surface area contributed by atoms with E-state index in [4.69, 9.17) is 11.6 Å². The summed E-state index contributed by atoms with van der Waals surface area (Å²) in [7, 11) is 0. The Hall–Kier alpha value is -0.350. The summed E-state index contributed by atoms with van der Waals surface area (Å²) in [4.78, 5) is 1.24. The van der Waals surface area contributed by atoms with Crippen molar-refractivity contribution in [2.24, 2.45) is 0 Å². The molecule has 18 heavy (non-hydrogen) atoms. The summed E-state index contributed by atoms with van der Waals surface area (Å²) < 4.78 is 1.80. The van der Waals surface area contributed by atoms with E-state index in [1.165, 1.54) is 16.0 Å². The lowest BCUT2D eigenvalue weighted by Crippen LogP contribution is -2.18. The smallest absolute Gasteiger partial charge is 0.107 e. The number of benzene rings is 1. The van der Waals surface area contributed by atoms with E-state index >= 15 is 0 Å². The molecule has 2 rings (SSSR count). The fourth-order valence-corrected chi connectivity index (χ4v) is 3.66. The van der Waals surface area contributed by atoms with Gasteiger partial charge in [-0.05, 0) is 47.0 Å². The van der Waals surface area contributed by atoms with Crippen LogP contribution in [0.4, 0.5) is 0 Å². The summed E-state index contributed by atoms with van der Waals surface area (Å²) in [5, 5.41) is 3.53. The quantitative estimate of drug-likeness (QED) is 0.791. The summed E-state index contributed by atoms with van der Waals surface area (Å²) in [5.74, 6) is 0. The van der Waals surface area contributed by atoms with Gasteiger partial charge in [0.25, 0.3) is 0 Å². The maximum atomic E-state index is 6.03. The Kier molecular flexibility index (Phi) is 4.84. The first-order valence-corrected chi connectivity index (χ1v) is 7.79. The number of aryl methyl sites for hydroxylation is 1. The van der Waals surface area contributed by atoms with Gasteiger partial charge in [-0.15, -0.1) is 11.3 Å². The number of nitrogens with one attached hydrogen (secondary N) is 1. The molecule has 0 aliphatic rings. The molecule has 0 amide bonds. The van der Waals surface area contributed by atoms with Gasteiger partial charge in [0.15, 0.2) is 0 Å². The molecule has 0 saturated carbocycles. The van der Waals surface area contributed by atoms with Gasteiger partial charge < -0.3 is 5.32 Å². The second-order valence-electron chi connectivity index (χ2n) is 4.29. The Bertz CT molecular complexity index is 519. The minimum absolute atomic E-state index is 0.339. The first-order valence-electron chi connectivity index (χ1n) is 5.80. The first-order chi connectivity index (χ1) is 8.58. The molecule has 0 saturated heterocycles. The topological polar surface area (TPSA) is 12.0 Å². The van der Waals surface area contributed by atoms with Crippen molar-refractivity contribution in [3.8, 4) is 0 Å². The zero-order valence-electron chi connectivity index (χ0n) is 10.3. The van der Waals surface area contributed by atoms with Gasteiger partial charge in [0, 0.05) is 21.9 Å². The number of hydrogen-bond donors (Lipinski definition) is 1. The highest BCUT2D eigenvalue weighted by Gasteiger charge is 2.09. The van der Waals surface area contributed by atoms with Crippen LogP contribution in [-0.2, 0) is 6.54 Å². The van der Waals surface area contributed by atoms with Crippen molar-refractivity contribution < 1.29 is 0 Å². The van der Waals surface area contributed by atoms with E-state index in [2.05, 4.69) is 65.4 Å². The molecule has 0 radical (unpaired) electrons. The molecule has 1 aromatic heterocycles. The third-order valence-corrected chi connectivity index (χ3v) is 5.41. The lowest BCUT2D eigenvalue weighted by Gasteiger charge is -2.15. The maximum Gasteiger partial charge on any atom is 0.107 e. The van der Waals surface area contributed by atoms with E-state index in [0.717, 1.165) is 15.4 Å². The molecular formula is C14H15BrClNS. The monoisotopic (exact) mass is 343 g/mol. The molecular weight excluding hydrogens is 330 g/mol. The molecule has 0 aliphatic heterocycles. The molecule has 4 heteroatoms. The van der Waals surface area contributed by atoms with Gasteiger partial charge in [0.1, 0.15) is 4.34 Å². The minimum atomic E-state index is 0.339. The van der Waals surface area contributed by atoms with Gasteiger partial charge in [-0.3, -0.25) is 0 Å². The molecule has 0 spiro atoms. The average molecular weight is 345 g/mol. The van der Waals surface area contributed by atoms with Crippen LogP contribution in [0.2, 0.25) is 4.34 Å². The Morgan fingerprint density at radius 3 is 2.72 bits per heavy atom. The van der Waals surface area contributed by atoms with Crippen molar-refractivity contribution in [3.63, 3.8) is 0 Å². The summed E-state index contributed by atoms with van der Waals surface area (Å²) in [6.45, 7) is 5.17. The number of thiophene rings is 1. The standard InChI is InChI=1S/C14H15BrClNS/c1-9-5-3-4-6-12(9)10(2)17-8-11-7-13(15)14(16)18-11/h3-7,10,17H,8H2,1-2H3/t10-/m0/s1. The van der Waals surface area contributed by atoms with Crippen molar-refractivity contribution in [2.75, 3.05) is 0 Å². The SMILES string of the molecule is Cc1ccccc1[C@H](C)NCc1cc(Br)c(Cl)s1. The van der Waals surface area contributed by atoms with Crippen LogP contribution < -0.4 is 5.32 Å². The third-order valence-electron chi connectivity index (χ3n) is 2.93. The summed E-state index contributed by atoms with van der Waals surface area (Å²) >= 11 is 11.1. The van der Waals surface area contributed by atoms with Crippen LogP contribution in [0, 0.1) is 6.92 Å². The zero-order valence-corrected chi connectivity index (χ0v) is 13.5. The van der Waals surface area contributed by atoms with E-state index in [-0.39, 0.29) is 0 Å². The predicted molar refractivity (Wildman–Crippen MR) is 83.5 cm³/mol. The van der Waals surface area contributed by atoms with Crippen LogP contribution in [0.3, 0.4) is 0 Å². The van der Waals surface area contributed by atoms with Crippen molar-refractivity contribution in [3.05, 3.63) is 55.1 Å². The van der Waals surface area contributed by atoms with Gasteiger partial charge in [-0.2, -0.15) is 0 Å². The first kappa shape index (κ1) is 14.1. The lowest BCUT2D eigenvalue weighted by atomic mass is 10.0. The highest BCUT2D eigenvalue weighted by Crippen LogP contribution is 2.32. The van der Waals surface area contributed by atoms with Crippen LogP contribution in [-0.4, -0.2) is 0 Å². The number of rotatable bonds is 4. The summed E-state index contributed by atoms with van der Waals surface area (Å²) in [6.07, 6.45) is 0. The summed E-state index contributed by atoms with van der Waals surface area (Å²) in [6, 6.07) is 10.9. The Morgan fingerprint density at radius 1 is 1.39 bits per heavy atom. The van der Waals surface area contributed by atoms with E-state index in [9.17, 15) is 0 Å². The molecule has 0 fully saturated rings. The Labute approximate surface area is 125 Å². The van der Waals surface area contributed by atoms with E-state index < -0.39 is 0 Å². The normalized spacial score (nSPS) is 12.7. The van der Waals surface area contributed by atoms with Crippen molar-refractivity contribution >= 4 is 38.9 Å². The minimum Gasteiger partial charge on any atom is -0.305 e. The van der Waals surface area contributed by atoms with Crippen molar-refractivity contribution in [2.45, 2.75) is 26.4 Å². The van der Waals surface area contributed by atoms with Crippen LogP contribution in [0.25, 0.3) is 0 Å². The predicted octanol–water partition coefficient (Wildman–Crippen LogP) is 5.32. The summed E-state index contributed by atoms with van der Waals surface area (Å²) in [5.41, 5.74) is 2.67. The highest BCUT2D eigenvalue weighted by atomic mass is 79.9.